The third-order valence-electron chi connectivity index (χ3n) is 3.38. The van der Waals surface area contributed by atoms with E-state index in [1.807, 2.05) is 0 Å². The molecule has 3 nitrogen and oxygen atoms in total. The van der Waals surface area contributed by atoms with Crippen LogP contribution in [0.3, 0.4) is 0 Å². The summed E-state index contributed by atoms with van der Waals surface area (Å²) in [5, 5.41) is 2.79. The molecule has 1 aromatic rings. The maximum atomic E-state index is 5.70. The molecule has 1 aliphatic carbocycles. The van der Waals surface area contributed by atoms with Crippen LogP contribution in [0.5, 0.6) is 0 Å². The molecule has 0 amide bonds. The zero-order valence-electron chi connectivity index (χ0n) is 10.9. The number of nitrogen functional groups attached to an aromatic ring is 1. The van der Waals surface area contributed by atoms with Gasteiger partial charge in [0.15, 0.2) is 5.13 Å². The number of rotatable bonds is 5. The Balaban J connectivity index is 1.99. The smallest absolute Gasteiger partial charge is 0.180 e. The third kappa shape index (κ3) is 3.68. The van der Waals surface area contributed by atoms with Crippen LogP contribution in [-0.2, 0) is 6.54 Å². The summed E-state index contributed by atoms with van der Waals surface area (Å²) in [5.74, 6) is 0.714. The molecular weight excluding hydrogens is 230 g/mol. The molecule has 1 aliphatic rings. The van der Waals surface area contributed by atoms with Crippen molar-refractivity contribution in [2.45, 2.75) is 52.1 Å². The molecule has 0 spiro atoms. The van der Waals surface area contributed by atoms with Gasteiger partial charge in [0.05, 0.1) is 5.69 Å². The van der Waals surface area contributed by atoms with Crippen LogP contribution in [0.4, 0.5) is 5.13 Å². The van der Waals surface area contributed by atoms with Crippen molar-refractivity contribution in [1.82, 2.24) is 9.88 Å². The number of thiazole rings is 1. The summed E-state index contributed by atoms with van der Waals surface area (Å²) in [6, 6.07) is 0.764. The topological polar surface area (TPSA) is 42.1 Å². The summed E-state index contributed by atoms with van der Waals surface area (Å²) < 4.78 is 0. The Kier molecular flexibility index (Phi) is 4.40. The minimum absolute atomic E-state index is 0.691. The van der Waals surface area contributed by atoms with Gasteiger partial charge in [-0.05, 0) is 18.8 Å². The molecule has 1 saturated carbocycles. The molecule has 0 saturated heterocycles. The lowest BCUT2D eigenvalue weighted by Gasteiger charge is -2.29. The molecule has 1 heterocycles. The Labute approximate surface area is 108 Å². The zero-order valence-corrected chi connectivity index (χ0v) is 11.7. The number of nitrogens with two attached hydrogens (primary N) is 1. The number of aromatic nitrogens is 1. The number of nitrogens with zero attached hydrogens (tertiary/aromatic N) is 2. The van der Waals surface area contributed by atoms with E-state index in [9.17, 15) is 0 Å². The molecule has 0 bridgehead atoms. The summed E-state index contributed by atoms with van der Waals surface area (Å²) in [4.78, 5) is 6.99. The van der Waals surface area contributed by atoms with Gasteiger partial charge in [-0.1, -0.05) is 26.7 Å². The largest absolute Gasteiger partial charge is 0.375 e. The molecule has 0 aromatic carbocycles. The Bertz CT molecular complexity index is 342. The summed E-state index contributed by atoms with van der Waals surface area (Å²) in [7, 11) is 0. The van der Waals surface area contributed by atoms with Crippen molar-refractivity contribution >= 4 is 16.5 Å². The first-order chi connectivity index (χ1) is 8.15. The first kappa shape index (κ1) is 12.8. The molecule has 17 heavy (non-hydrogen) atoms. The van der Waals surface area contributed by atoms with E-state index in [0.717, 1.165) is 18.3 Å². The normalized spacial score (nSPS) is 17.4. The lowest BCUT2D eigenvalue weighted by atomic mass is 10.1. The average Bonchev–Trinajstić information content (AvgIpc) is 2.87. The molecule has 2 N–H and O–H groups in total. The highest BCUT2D eigenvalue weighted by Crippen LogP contribution is 2.26. The number of hydrogen-bond acceptors (Lipinski definition) is 4. The second-order valence-corrected chi connectivity index (χ2v) is 6.33. The molecule has 96 valence electrons. The molecule has 4 heteroatoms. The summed E-state index contributed by atoms with van der Waals surface area (Å²) in [5.41, 5.74) is 6.84. The minimum atomic E-state index is 0.691. The fourth-order valence-corrected chi connectivity index (χ4v) is 3.24. The first-order valence-electron chi connectivity index (χ1n) is 6.59. The van der Waals surface area contributed by atoms with Crippen molar-refractivity contribution < 1.29 is 0 Å². The van der Waals surface area contributed by atoms with Gasteiger partial charge >= 0.3 is 0 Å². The standard InChI is InChI=1S/C13H23N3S/c1-10(2)7-16(12-5-3-4-6-12)8-11-9-17-13(14)15-11/h9-10,12H,3-8H2,1-2H3,(H2,14,15). The van der Waals surface area contributed by atoms with Gasteiger partial charge in [0, 0.05) is 24.5 Å². The molecule has 1 fully saturated rings. The highest BCUT2D eigenvalue weighted by atomic mass is 32.1. The van der Waals surface area contributed by atoms with Gasteiger partial charge < -0.3 is 5.73 Å². The van der Waals surface area contributed by atoms with Gasteiger partial charge in [0.25, 0.3) is 0 Å². The van der Waals surface area contributed by atoms with E-state index >= 15 is 0 Å². The second kappa shape index (κ2) is 5.83. The maximum Gasteiger partial charge on any atom is 0.180 e. The van der Waals surface area contributed by atoms with Crippen LogP contribution in [0.15, 0.2) is 5.38 Å². The van der Waals surface area contributed by atoms with Gasteiger partial charge in [-0.25, -0.2) is 4.98 Å². The molecule has 0 unspecified atom stereocenters. The SMILES string of the molecule is CC(C)CN(Cc1csc(N)n1)C1CCCC1. The van der Waals surface area contributed by atoms with Crippen molar-refractivity contribution in [2.75, 3.05) is 12.3 Å². The molecule has 0 atom stereocenters. The van der Waals surface area contributed by atoms with E-state index in [-0.39, 0.29) is 0 Å². The quantitative estimate of drug-likeness (QED) is 0.876. The number of hydrogen-bond donors (Lipinski definition) is 1. The van der Waals surface area contributed by atoms with Gasteiger partial charge in [-0.3, -0.25) is 4.90 Å². The maximum absolute atomic E-state index is 5.70. The van der Waals surface area contributed by atoms with Crippen LogP contribution in [-0.4, -0.2) is 22.5 Å². The predicted octanol–water partition coefficient (Wildman–Crippen LogP) is 3.13. The van der Waals surface area contributed by atoms with Gasteiger partial charge in [0.2, 0.25) is 0 Å². The van der Waals surface area contributed by atoms with Gasteiger partial charge in [-0.15, -0.1) is 11.3 Å². The molecule has 0 radical (unpaired) electrons. The summed E-state index contributed by atoms with van der Waals surface area (Å²) in [6.07, 6.45) is 5.48. The lowest BCUT2D eigenvalue weighted by Crippen LogP contribution is -2.35. The summed E-state index contributed by atoms with van der Waals surface area (Å²) in [6.45, 7) is 6.72. The van der Waals surface area contributed by atoms with Gasteiger partial charge in [-0.2, -0.15) is 0 Å². The Morgan fingerprint density at radius 1 is 1.47 bits per heavy atom. The van der Waals surface area contributed by atoms with Crippen molar-refractivity contribution in [3.63, 3.8) is 0 Å². The first-order valence-corrected chi connectivity index (χ1v) is 7.47. The van der Waals surface area contributed by atoms with E-state index in [1.165, 1.54) is 32.2 Å². The van der Waals surface area contributed by atoms with Crippen LogP contribution >= 0.6 is 11.3 Å². The lowest BCUT2D eigenvalue weighted by molar-refractivity contribution is 0.167. The Hall–Kier alpha value is -0.610. The Morgan fingerprint density at radius 3 is 2.71 bits per heavy atom. The molecule has 2 rings (SSSR count). The van der Waals surface area contributed by atoms with E-state index < -0.39 is 0 Å². The van der Waals surface area contributed by atoms with Crippen LogP contribution in [0, 0.1) is 5.92 Å². The molecule has 0 aliphatic heterocycles. The van der Waals surface area contributed by atoms with Crippen molar-refractivity contribution in [3.05, 3.63) is 11.1 Å². The van der Waals surface area contributed by atoms with E-state index in [4.69, 9.17) is 5.73 Å². The van der Waals surface area contributed by atoms with Crippen LogP contribution in [0.25, 0.3) is 0 Å². The monoisotopic (exact) mass is 253 g/mol. The predicted molar refractivity (Wildman–Crippen MR) is 74.0 cm³/mol. The van der Waals surface area contributed by atoms with Gasteiger partial charge in [0.1, 0.15) is 0 Å². The second-order valence-electron chi connectivity index (χ2n) is 5.44. The Morgan fingerprint density at radius 2 is 2.18 bits per heavy atom. The van der Waals surface area contributed by atoms with Crippen LogP contribution in [0.1, 0.15) is 45.2 Å². The summed E-state index contributed by atoms with van der Waals surface area (Å²) >= 11 is 1.55. The van der Waals surface area contributed by atoms with E-state index in [0.29, 0.717) is 11.0 Å². The number of anilines is 1. The van der Waals surface area contributed by atoms with Crippen molar-refractivity contribution in [1.29, 1.82) is 0 Å². The van der Waals surface area contributed by atoms with Crippen LogP contribution < -0.4 is 5.73 Å². The third-order valence-corrected chi connectivity index (χ3v) is 4.10. The molecule has 1 aromatic heterocycles. The van der Waals surface area contributed by atoms with Crippen molar-refractivity contribution in [3.8, 4) is 0 Å². The average molecular weight is 253 g/mol. The highest BCUT2D eigenvalue weighted by Gasteiger charge is 2.23. The van der Waals surface area contributed by atoms with E-state index in [1.54, 1.807) is 11.3 Å². The van der Waals surface area contributed by atoms with E-state index in [2.05, 4.69) is 29.1 Å². The zero-order chi connectivity index (χ0) is 12.3. The van der Waals surface area contributed by atoms with Crippen molar-refractivity contribution in [2.24, 2.45) is 5.92 Å². The fraction of sp³-hybridized carbons (Fsp3) is 0.769. The minimum Gasteiger partial charge on any atom is -0.375 e. The highest BCUT2D eigenvalue weighted by molar-refractivity contribution is 7.13. The van der Waals surface area contributed by atoms with Crippen LogP contribution in [0.2, 0.25) is 0 Å². The molecular formula is C13H23N3S. The fourth-order valence-electron chi connectivity index (χ4n) is 2.68.